The van der Waals surface area contributed by atoms with Gasteiger partial charge in [0.05, 0.1) is 12.3 Å². The lowest BCUT2D eigenvalue weighted by atomic mass is 9.99. The van der Waals surface area contributed by atoms with Crippen molar-refractivity contribution < 1.29 is 8.42 Å². The maximum atomic E-state index is 11.3. The highest BCUT2D eigenvalue weighted by atomic mass is 32.2. The minimum absolute atomic E-state index is 0.0417. The van der Waals surface area contributed by atoms with Crippen LogP contribution in [-0.2, 0) is 10.0 Å². The minimum Gasteiger partial charge on any atom is -0.352 e. The summed E-state index contributed by atoms with van der Waals surface area (Å²) >= 11 is 0. The van der Waals surface area contributed by atoms with E-state index in [4.69, 9.17) is 0 Å². The Morgan fingerprint density at radius 3 is 2.71 bits per heavy atom. The van der Waals surface area contributed by atoms with Crippen molar-refractivity contribution in [3.8, 4) is 0 Å². The molecule has 1 aromatic heterocycles. The second-order valence-corrected chi connectivity index (χ2v) is 7.03. The number of nitrogens with one attached hydrogen (secondary N) is 2. The highest BCUT2D eigenvalue weighted by molar-refractivity contribution is 7.91. The fourth-order valence-corrected chi connectivity index (χ4v) is 2.93. The van der Waals surface area contributed by atoms with E-state index in [0.717, 1.165) is 18.2 Å². The summed E-state index contributed by atoms with van der Waals surface area (Å²) < 4.78 is 26.7. The number of benzene rings is 1. The predicted octanol–water partition coefficient (Wildman–Crippen LogP) is 1.44. The van der Waals surface area contributed by atoms with Crippen LogP contribution in [0.15, 0.2) is 30.3 Å². The lowest BCUT2D eigenvalue weighted by molar-refractivity contribution is 0.438. The summed E-state index contributed by atoms with van der Waals surface area (Å²) in [6.07, 6.45) is 1.94. The summed E-state index contributed by atoms with van der Waals surface area (Å²) in [7, 11) is -3.39. The van der Waals surface area contributed by atoms with Gasteiger partial charge in [-0.2, -0.15) is 4.98 Å². The van der Waals surface area contributed by atoms with E-state index in [1.165, 1.54) is 0 Å². The fraction of sp³-hybridized carbons (Fsp3) is 0.385. The SMILES string of the molecule is CC1CC(c2ccccc2)n2nc(NS(C)(=O)=O)nc2N1. The van der Waals surface area contributed by atoms with Gasteiger partial charge in [0, 0.05) is 6.04 Å². The molecule has 0 bridgehead atoms. The molecule has 0 fully saturated rings. The first-order valence-electron chi connectivity index (χ1n) is 6.68. The van der Waals surface area contributed by atoms with Gasteiger partial charge in [-0.3, -0.25) is 4.72 Å². The lowest BCUT2D eigenvalue weighted by Gasteiger charge is -2.29. The van der Waals surface area contributed by atoms with Gasteiger partial charge in [-0.15, -0.1) is 5.10 Å². The molecule has 2 unspecified atom stereocenters. The van der Waals surface area contributed by atoms with E-state index in [1.54, 1.807) is 4.68 Å². The number of fused-ring (bicyclic) bond motifs is 1. The van der Waals surface area contributed by atoms with Gasteiger partial charge < -0.3 is 5.32 Å². The summed E-state index contributed by atoms with van der Waals surface area (Å²) in [6, 6.07) is 10.3. The summed E-state index contributed by atoms with van der Waals surface area (Å²) in [5.41, 5.74) is 1.13. The molecular formula is C13H17N5O2S. The zero-order valence-corrected chi connectivity index (χ0v) is 12.6. The Morgan fingerprint density at radius 2 is 2.05 bits per heavy atom. The van der Waals surface area contributed by atoms with E-state index in [1.807, 2.05) is 30.3 Å². The molecule has 2 heterocycles. The van der Waals surface area contributed by atoms with Crippen LogP contribution in [0, 0.1) is 0 Å². The predicted molar refractivity (Wildman–Crippen MR) is 80.8 cm³/mol. The molecule has 112 valence electrons. The van der Waals surface area contributed by atoms with Gasteiger partial charge in [0.2, 0.25) is 16.0 Å². The van der Waals surface area contributed by atoms with E-state index in [9.17, 15) is 8.42 Å². The van der Waals surface area contributed by atoms with Gasteiger partial charge in [-0.05, 0) is 18.9 Å². The first kappa shape index (κ1) is 13.9. The Kier molecular flexibility index (Phi) is 3.32. The number of hydrogen-bond donors (Lipinski definition) is 2. The first-order chi connectivity index (χ1) is 9.92. The molecule has 0 aliphatic carbocycles. The van der Waals surface area contributed by atoms with Crippen molar-refractivity contribution in [3.05, 3.63) is 35.9 Å². The van der Waals surface area contributed by atoms with Crippen molar-refractivity contribution >= 4 is 21.9 Å². The van der Waals surface area contributed by atoms with Crippen LogP contribution < -0.4 is 10.0 Å². The topological polar surface area (TPSA) is 88.9 Å². The van der Waals surface area contributed by atoms with Crippen LogP contribution >= 0.6 is 0 Å². The Hall–Kier alpha value is -2.09. The molecule has 7 nitrogen and oxygen atoms in total. The van der Waals surface area contributed by atoms with Gasteiger partial charge in [-0.1, -0.05) is 30.3 Å². The largest absolute Gasteiger partial charge is 0.352 e. The van der Waals surface area contributed by atoms with Gasteiger partial charge in [0.25, 0.3) is 5.95 Å². The molecule has 3 rings (SSSR count). The standard InChI is InChI=1S/C13H17N5O2S/c1-9-8-11(10-6-4-3-5-7-10)18-13(14-9)15-12(16-18)17-21(2,19)20/h3-7,9,11H,8H2,1-2H3,(H2,14,15,16,17). The second kappa shape index (κ2) is 5.03. The van der Waals surface area contributed by atoms with E-state index in [2.05, 4.69) is 27.0 Å². The lowest BCUT2D eigenvalue weighted by Crippen LogP contribution is -2.31. The number of anilines is 2. The Morgan fingerprint density at radius 1 is 1.33 bits per heavy atom. The summed E-state index contributed by atoms with van der Waals surface area (Å²) in [5.74, 6) is 0.670. The van der Waals surface area contributed by atoms with Crippen molar-refractivity contribution in [3.63, 3.8) is 0 Å². The Balaban J connectivity index is 2.00. The van der Waals surface area contributed by atoms with Gasteiger partial charge in [0.1, 0.15) is 0 Å². The summed E-state index contributed by atoms with van der Waals surface area (Å²) in [6.45, 7) is 2.07. The maximum absolute atomic E-state index is 11.3. The number of sulfonamides is 1. The molecular weight excluding hydrogens is 290 g/mol. The van der Waals surface area contributed by atoms with Crippen LogP contribution in [0.2, 0.25) is 0 Å². The first-order valence-corrected chi connectivity index (χ1v) is 8.57. The van der Waals surface area contributed by atoms with Crippen molar-refractivity contribution in [1.82, 2.24) is 14.8 Å². The fourth-order valence-electron chi connectivity index (χ4n) is 2.51. The molecule has 2 N–H and O–H groups in total. The number of aromatic nitrogens is 3. The second-order valence-electron chi connectivity index (χ2n) is 5.29. The van der Waals surface area contributed by atoms with E-state index in [0.29, 0.717) is 5.95 Å². The van der Waals surface area contributed by atoms with E-state index >= 15 is 0 Å². The molecule has 2 aromatic rings. The third kappa shape index (κ3) is 2.99. The van der Waals surface area contributed by atoms with Crippen LogP contribution in [0.4, 0.5) is 11.9 Å². The molecule has 8 heteroatoms. The Bertz CT molecular complexity index is 741. The normalized spacial score (nSPS) is 21.4. The molecule has 1 aliphatic heterocycles. The molecule has 1 aliphatic rings. The zero-order valence-electron chi connectivity index (χ0n) is 11.8. The summed E-state index contributed by atoms with van der Waals surface area (Å²) in [4.78, 5) is 4.21. The van der Waals surface area contributed by atoms with Crippen LogP contribution in [-0.4, -0.2) is 35.5 Å². The molecule has 0 amide bonds. The molecule has 0 spiro atoms. The maximum Gasteiger partial charge on any atom is 0.257 e. The quantitative estimate of drug-likeness (QED) is 0.896. The van der Waals surface area contributed by atoms with E-state index in [-0.39, 0.29) is 18.0 Å². The number of hydrogen-bond acceptors (Lipinski definition) is 5. The molecule has 0 radical (unpaired) electrons. The third-order valence-electron chi connectivity index (χ3n) is 3.34. The average Bonchev–Trinajstić information content (AvgIpc) is 2.78. The highest BCUT2D eigenvalue weighted by Crippen LogP contribution is 2.31. The molecule has 1 aromatic carbocycles. The third-order valence-corrected chi connectivity index (χ3v) is 3.89. The van der Waals surface area contributed by atoms with Crippen molar-refractivity contribution in [2.75, 3.05) is 16.3 Å². The molecule has 21 heavy (non-hydrogen) atoms. The monoisotopic (exact) mass is 307 g/mol. The van der Waals surface area contributed by atoms with Crippen molar-refractivity contribution in [2.45, 2.75) is 25.4 Å². The highest BCUT2D eigenvalue weighted by Gasteiger charge is 2.28. The van der Waals surface area contributed by atoms with Gasteiger partial charge in [0.15, 0.2) is 0 Å². The Labute approximate surface area is 123 Å². The average molecular weight is 307 g/mol. The molecule has 2 atom stereocenters. The number of nitrogens with zero attached hydrogens (tertiary/aromatic N) is 3. The van der Waals surface area contributed by atoms with Crippen LogP contribution in [0.1, 0.15) is 24.9 Å². The zero-order chi connectivity index (χ0) is 15.0. The minimum atomic E-state index is -3.39. The van der Waals surface area contributed by atoms with Crippen molar-refractivity contribution in [1.29, 1.82) is 0 Å². The number of rotatable bonds is 3. The van der Waals surface area contributed by atoms with Crippen LogP contribution in [0.25, 0.3) is 0 Å². The van der Waals surface area contributed by atoms with Gasteiger partial charge >= 0.3 is 0 Å². The molecule has 0 saturated heterocycles. The molecule has 0 saturated carbocycles. The summed E-state index contributed by atoms with van der Waals surface area (Å²) in [5, 5.41) is 7.50. The smallest absolute Gasteiger partial charge is 0.257 e. The van der Waals surface area contributed by atoms with Gasteiger partial charge in [-0.25, -0.2) is 13.1 Å². The van der Waals surface area contributed by atoms with Crippen LogP contribution in [0.5, 0.6) is 0 Å². The van der Waals surface area contributed by atoms with Crippen molar-refractivity contribution in [2.24, 2.45) is 0 Å². The van der Waals surface area contributed by atoms with E-state index < -0.39 is 10.0 Å². The van der Waals surface area contributed by atoms with Crippen LogP contribution in [0.3, 0.4) is 0 Å².